The largest absolute Gasteiger partial charge is 0.496 e. The molecular weight excluding hydrogens is 299 g/mol. The first kappa shape index (κ1) is 16.8. The number of carboxylic acids is 1. The Morgan fingerprint density at radius 2 is 1.78 bits per heavy atom. The lowest BCUT2D eigenvalue weighted by atomic mass is 9.90. The Kier molecular flexibility index (Phi) is 5.21. The summed E-state index contributed by atoms with van der Waals surface area (Å²) in [5.41, 5.74) is 1.99. The molecule has 0 aromatic heterocycles. The van der Waals surface area contributed by atoms with Crippen LogP contribution in [0.4, 0.5) is 4.39 Å². The summed E-state index contributed by atoms with van der Waals surface area (Å²) in [4.78, 5) is 11.8. The van der Waals surface area contributed by atoms with E-state index in [9.17, 15) is 14.3 Å². The lowest BCUT2D eigenvalue weighted by Crippen LogP contribution is -2.16. The maximum atomic E-state index is 13.5. The van der Waals surface area contributed by atoms with E-state index in [1.54, 1.807) is 12.1 Å². The maximum absolute atomic E-state index is 13.5. The van der Waals surface area contributed by atoms with Gasteiger partial charge in [0.15, 0.2) is 0 Å². The number of rotatable bonds is 6. The minimum absolute atomic E-state index is 0.107. The molecule has 0 bridgehead atoms. The zero-order valence-corrected chi connectivity index (χ0v) is 13.3. The number of carboxylic acid groups (broad SMARTS) is 1. The third-order valence-electron chi connectivity index (χ3n) is 3.73. The molecule has 0 aliphatic carbocycles. The summed E-state index contributed by atoms with van der Waals surface area (Å²) < 4.78 is 24.0. The second-order valence-electron chi connectivity index (χ2n) is 5.30. The molecule has 0 aliphatic heterocycles. The van der Waals surface area contributed by atoms with Crippen LogP contribution < -0.4 is 9.47 Å². The third-order valence-corrected chi connectivity index (χ3v) is 3.73. The summed E-state index contributed by atoms with van der Waals surface area (Å²) in [5.74, 6) is -1.33. The molecule has 23 heavy (non-hydrogen) atoms. The van der Waals surface area contributed by atoms with Crippen molar-refractivity contribution in [1.29, 1.82) is 0 Å². The van der Waals surface area contributed by atoms with E-state index in [1.807, 2.05) is 13.0 Å². The monoisotopic (exact) mass is 318 g/mol. The maximum Gasteiger partial charge on any atom is 0.311 e. The van der Waals surface area contributed by atoms with E-state index in [2.05, 4.69) is 0 Å². The smallest absolute Gasteiger partial charge is 0.311 e. The summed E-state index contributed by atoms with van der Waals surface area (Å²) >= 11 is 0. The molecule has 0 spiro atoms. The highest BCUT2D eigenvalue weighted by molar-refractivity contribution is 5.78. The lowest BCUT2D eigenvalue weighted by molar-refractivity contribution is -0.138. The molecule has 0 saturated carbocycles. The summed E-state index contributed by atoms with van der Waals surface area (Å²) in [7, 11) is 2.97. The number of benzene rings is 2. The van der Waals surface area contributed by atoms with Crippen LogP contribution >= 0.6 is 0 Å². The third kappa shape index (κ3) is 3.80. The topological polar surface area (TPSA) is 55.8 Å². The van der Waals surface area contributed by atoms with Crippen LogP contribution in [0.15, 0.2) is 36.4 Å². The van der Waals surface area contributed by atoms with Gasteiger partial charge >= 0.3 is 5.97 Å². The summed E-state index contributed by atoms with van der Waals surface area (Å²) in [6.45, 7) is 1.88. The van der Waals surface area contributed by atoms with Gasteiger partial charge < -0.3 is 14.6 Å². The van der Waals surface area contributed by atoms with E-state index in [1.165, 1.54) is 32.4 Å². The van der Waals surface area contributed by atoms with Gasteiger partial charge in [0, 0.05) is 5.56 Å². The molecule has 122 valence electrons. The van der Waals surface area contributed by atoms with Crippen LogP contribution in [0, 0.1) is 12.7 Å². The van der Waals surface area contributed by atoms with Gasteiger partial charge in [-0.15, -0.1) is 0 Å². The number of halogens is 1. The van der Waals surface area contributed by atoms with Gasteiger partial charge in [-0.1, -0.05) is 17.7 Å². The van der Waals surface area contributed by atoms with Gasteiger partial charge in [-0.3, -0.25) is 4.79 Å². The van der Waals surface area contributed by atoms with Crippen LogP contribution in [-0.4, -0.2) is 25.3 Å². The first-order valence-corrected chi connectivity index (χ1v) is 7.16. The summed E-state index contributed by atoms with van der Waals surface area (Å²) in [6, 6.07) is 9.45. The number of aliphatic carboxylic acids is 1. The van der Waals surface area contributed by atoms with Crippen molar-refractivity contribution in [2.24, 2.45) is 0 Å². The number of aryl methyl sites for hydroxylation is 1. The Bertz CT molecular complexity index is 712. The quantitative estimate of drug-likeness (QED) is 0.885. The molecule has 0 heterocycles. The molecule has 5 heteroatoms. The first-order valence-electron chi connectivity index (χ1n) is 7.16. The molecule has 0 saturated heterocycles. The molecule has 0 radical (unpaired) electrons. The van der Waals surface area contributed by atoms with E-state index < -0.39 is 17.7 Å². The van der Waals surface area contributed by atoms with Crippen molar-refractivity contribution in [1.82, 2.24) is 0 Å². The molecule has 1 unspecified atom stereocenters. The van der Waals surface area contributed by atoms with Crippen molar-refractivity contribution in [3.05, 3.63) is 58.9 Å². The normalized spacial score (nSPS) is 11.8. The van der Waals surface area contributed by atoms with Crippen LogP contribution in [0.2, 0.25) is 0 Å². The minimum atomic E-state index is -1.000. The van der Waals surface area contributed by atoms with Crippen LogP contribution in [-0.2, 0) is 11.2 Å². The average Bonchev–Trinajstić information content (AvgIpc) is 2.52. The zero-order valence-electron chi connectivity index (χ0n) is 13.3. The predicted octanol–water partition coefficient (Wildman–Crippen LogP) is 3.56. The Morgan fingerprint density at radius 1 is 1.13 bits per heavy atom. The SMILES string of the molecule is COc1ccc(F)cc1CC(C(=O)O)c1cc(C)ccc1OC. The molecule has 0 amide bonds. The highest BCUT2D eigenvalue weighted by Gasteiger charge is 2.25. The molecule has 2 aromatic carbocycles. The number of carbonyl (C=O) groups is 1. The molecule has 2 aromatic rings. The van der Waals surface area contributed by atoms with Crippen molar-refractivity contribution in [3.8, 4) is 11.5 Å². The van der Waals surface area contributed by atoms with E-state index in [0.29, 0.717) is 22.6 Å². The summed E-state index contributed by atoms with van der Waals surface area (Å²) in [5, 5.41) is 9.64. The minimum Gasteiger partial charge on any atom is -0.496 e. The predicted molar refractivity (Wildman–Crippen MR) is 84.8 cm³/mol. The van der Waals surface area contributed by atoms with Gasteiger partial charge in [0.05, 0.1) is 20.1 Å². The number of hydrogen-bond acceptors (Lipinski definition) is 3. The van der Waals surface area contributed by atoms with Gasteiger partial charge in [-0.25, -0.2) is 4.39 Å². The Morgan fingerprint density at radius 3 is 2.39 bits per heavy atom. The Labute approximate surface area is 134 Å². The van der Waals surface area contributed by atoms with E-state index in [-0.39, 0.29) is 6.42 Å². The van der Waals surface area contributed by atoms with Crippen molar-refractivity contribution >= 4 is 5.97 Å². The zero-order chi connectivity index (χ0) is 17.0. The summed E-state index contributed by atoms with van der Waals surface area (Å²) in [6.07, 6.45) is 0.107. The fourth-order valence-electron chi connectivity index (χ4n) is 2.58. The molecule has 0 aliphatic rings. The van der Waals surface area contributed by atoms with Crippen LogP contribution in [0.25, 0.3) is 0 Å². The van der Waals surface area contributed by atoms with Crippen molar-refractivity contribution in [3.63, 3.8) is 0 Å². The van der Waals surface area contributed by atoms with E-state index in [0.717, 1.165) is 5.56 Å². The number of ether oxygens (including phenoxy) is 2. The Balaban J connectivity index is 2.47. The molecule has 4 nitrogen and oxygen atoms in total. The molecule has 2 rings (SSSR count). The van der Waals surface area contributed by atoms with Crippen LogP contribution in [0.1, 0.15) is 22.6 Å². The lowest BCUT2D eigenvalue weighted by Gasteiger charge is -2.18. The molecule has 1 N–H and O–H groups in total. The standard InChI is InChI=1S/C18H19FO4/c1-11-4-6-17(23-3)14(8-11)15(18(20)21)10-12-9-13(19)5-7-16(12)22-2/h4-9,15H,10H2,1-3H3,(H,20,21). The number of methoxy groups -OCH3 is 2. The van der Waals surface area contributed by atoms with Gasteiger partial charge in [0.1, 0.15) is 17.3 Å². The fraction of sp³-hybridized carbons (Fsp3) is 0.278. The van der Waals surface area contributed by atoms with Crippen molar-refractivity contribution < 1.29 is 23.8 Å². The van der Waals surface area contributed by atoms with Crippen molar-refractivity contribution in [2.45, 2.75) is 19.3 Å². The Hall–Kier alpha value is -2.56. The van der Waals surface area contributed by atoms with E-state index in [4.69, 9.17) is 9.47 Å². The first-order chi connectivity index (χ1) is 11.0. The second kappa shape index (κ2) is 7.13. The van der Waals surface area contributed by atoms with Gasteiger partial charge in [-0.2, -0.15) is 0 Å². The van der Waals surface area contributed by atoms with Gasteiger partial charge in [0.2, 0.25) is 0 Å². The highest BCUT2D eigenvalue weighted by atomic mass is 19.1. The average molecular weight is 318 g/mol. The number of hydrogen-bond donors (Lipinski definition) is 1. The van der Waals surface area contributed by atoms with Crippen LogP contribution in [0.3, 0.4) is 0 Å². The van der Waals surface area contributed by atoms with Crippen LogP contribution in [0.5, 0.6) is 11.5 Å². The molecule has 0 fully saturated rings. The highest BCUT2D eigenvalue weighted by Crippen LogP contribution is 2.33. The molecular formula is C18H19FO4. The second-order valence-corrected chi connectivity index (χ2v) is 5.30. The van der Waals surface area contributed by atoms with Crippen molar-refractivity contribution in [2.75, 3.05) is 14.2 Å². The van der Waals surface area contributed by atoms with E-state index >= 15 is 0 Å². The fourth-order valence-corrected chi connectivity index (χ4v) is 2.58. The van der Waals surface area contributed by atoms with Gasteiger partial charge in [-0.05, 0) is 43.2 Å². The molecule has 1 atom stereocenters. The van der Waals surface area contributed by atoms with Gasteiger partial charge in [0.25, 0.3) is 0 Å².